The molecule has 2 heterocycles. The van der Waals surface area contributed by atoms with Crippen LogP contribution in [0.15, 0.2) is 35.2 Å². The fourth-order valence-electron chi connectivity index (χ4n) is 4.18. The highest BCUT2D eigenvalue weighted by Crippen LogP contribution is 2.33. The van der Waals surface area contributed by atoms with Crippen molar-refractivity contribution in [1.82, 2.24) is 4.90 Å². The van der Waals surface area contributed by atoms with Crippen LogP contribution in [0, 0.1) is 5.92 Å². The molecule has 2 aliphatic rings. The molecule has 2 fully saturated rings. The van der Waals surface area contributed by atoms with Gasteiger partial charge in [-0.2, -0.15) is 0 Å². The maximum Gasteiger partial charge on any atom is 0.178 e. The molecular formula is C19H29NO4S. The van der Waals surface area contributed by atoms with E-state index in [0.29, 0.717) is 18.1 Å². The summed E-state index contributed by atoms with van der Waals surface area (Å²) in [5.74, 6) is -0.118. The number of nitrogens with zero attached hydrogens (tertiary/aromatic N) is 1. The van der Waals surface area contributed by atoms with Crippen LogP contribution in [0.4, 0.5) is 0 Å². The minimum absolute atomic E-state index is 0.0784. The molecule has 2 aliphatic heterocycles. The summed E-state index contributed by atoms with van der Waals surface area (Å²) in [5.41, 5.74) is 0. The van der Waals surface area contributed by atoms with Crippen LogP contribution in [-0.4, -0.2) is 57.2 Å². The minimum Gasteiger partial charge on any atom is -0.347 e. The number of piperidine rings is 1. The molecule has 140 valence electrons. The fraction of sp³-hybridized carbons (Fsp3) is 0.684. The summed E-state index contributed by atoms with van der Waals surface area (Å²) in [6.45, 7) is 7.36. The van der Waals surface area contributed by atoms with Crippen molar-refractivity contribution in [1.29, 1.82) is 0 Å². The highest BCUT2D eigenvalue weighted by Gasteiger charge is 2.41. The second-order valence-corrected chi connectivity index (χ2v) is 9.23. The summed E-state index contributed by atoms with van der Waals surface area (Å²) in [5, 5.41) is 0. The average molecular weight is 368 g/mol. The van der Waals surface area contributed by atoms with Crippen LogP contribution >= 0.6 is 0 Å². The Morgan fingerprint density at radius 2 is 1.72 bits per heavy atom. The van der Waals surface area contributed by atoms with Crippen molar-refractivity contribution in [3.05, 3.63) is 30.3 Å². The van der Waals surface area contributed by atoms with Gasteiger partial charge in [0.05, 0.1) is 23.9 Å². The van der Waals surface area contributed by atoms with Crippen molar-refractivity contribution in [3.63, 3.8) is 0 Å². The standard InChI is InChI=1S/C19H29NO4S/c1-3-18(20-11-9-19(10-12-20)23-13-14-24-19)16(2)15-25(21,22)17-7-5-4-6-8-17/h4-8,16,18H,3,9-15H2,1-2H3/t16-,18-/m1/s1. The number of hydrogen-bond acceptors (Lipinski definition) is 5. The van der Waals surface area contributed by atoms with E-state index in [4.69, 9.17) is 9.47 Å². The minimum atomic E-state index is -3.25. The van der Waals surface area contributed by atoms with Crippen molar-refractivity contribution in [2.45, 2.75) is 49.8 Å². The molecule has 6 heteroatoms. The molecule has 0 aromatic heterocycles. The Labute approximate surface area is 151 Å². The van der Waals surface area contributed by atoms with Crippen molar-refractivity contribution >= 4 is 9.84 Å². The number of ether oxygens (including phenoxy) is 2. The van der Waals surface area contributed by atoms with Gasteiger partial charge in [-0.15, -0.1) is 0 Å². The van der Waals surface area contributed by atoms with E-state index in [9.17, 15) is 8.42 Å². The normalized spacial score (nSPS) is 23.6. The molecule has 3 rings (SSSR count). The van der Waals surface area contributed by atoms with Gasteiger partial charge in [-0.05, 0) is 24.5 Å². The third kappa shape index (κ3) is 4.25. The van der Waals surface area contributed by atoms with Crippen molar-refractivity contribution in [3.8, 4) is 0 Å². The Balaban J connectivity index is 1.63. The monoisotopic (exact) mass is 367 g/mol. The largest absolute Gasteiger partial charge is 0.347 e. The number of likely N-dealkylation sites (tertiary alicyclic amines) is 1. The summed E-state index contributed by atoms with van der Waals surface area (Å²) in [7, 11) is -3.25. The van der Waals surface area contributed by atoms with E-state index in [-0.39, 0.29) is 23.5 Å². The molecule has 5 nitrogen and oxygen atoms in total. The third-order valence-corrected chi connectivity index (χ3v) is 7.46. The van der Waals surface area contributed by atoms with Crippen LogP contribution in [0.2, 0.25) is 0 Å². The molecular weight excluding hydrogens is 338 g/mol. The lowest BCUT2D eigenvalue weighted by Gasteiger charge is -2.43. The molecule has 1 aromatic carbocycles. The average Bonchev–Trinajstić information content (AvgIpc) is 3.06. The maximum atomic E-state index is 12.7. The molecule has 0 radical (unpaired) electrons. The Kier molecular flexibility index (Phi) is 5.83. The first-order valence-corrected chi connectivity index (χ1v) is 10.9. The van der Waals surface area contributed by atoms with Gasteiger partial charge in [0.25, 0.3) is 0 Å². The van der Waals surface area contributed by atoms with E-state index < -0.39 is 9.84 Å². The molecule has 0 aliphatic carbocycles. The van der Waals surface area contributed by atoms with Gasteiger partial charge in [-0.3, -0.25) is 4.90 Å². The van der Waals surface area contributed by atoms with E-state index in [1.54, 1.807) is 24.3 Å². The third-order valence-electron chi connectivity index (χ3n) is 5.50. The predicted octanol–water partition coefficient (Wildman–Crippen LogP) is 2.71. The quantitative estimate of drug-likeness (QED) is 0.774. The number of benzene rings is 1. The Morgan fingerprint density at radius 1 is 1.12 bits per heavy atom. The Bertz CT molecular complexity index is 645. The second kappa shape index (κ2) is 7.74. The Morgan fingerprint density at radius 3 is 2.28 bits per heavy atom. The first kappa shape index (κ1) is 18.8. The zero-order chi connectivity index (χ0) is 17.9. The summed E-state index contributed by atoms with van der Waals surface area (Å²) < 4.78 is 37.0. The van der Waals surface area contributed by atoms with Gasteiger partial charge in [0.2, 0.25) is 0 Å². The van der Waals surface area contributed by atoms with Crippen LogP contribution in [0.25, 0.3) is 0 Å². The maximum absolute atomic E-state index is 12.7. The van der Waals surface area contributed by atoms with Gasteiger partial charge in [0.1, 0.15) is 0 Å². The predicted molar refractivity (Wildman–Crippen MR) is 97.2 cm³/mol. The van der Waals surface area contributed by atoms with Crippen LogP contribution in [0.5, 0.6) is 0 Å². The molecule has 0 unspecified atom stereocenters. The number of rotatable bonds is 6. The highest BCUT2D eigenvalue weighted by atomic mass is 32.2. The topological polar surface area (TPSA) is 55.8 Å². The van der Waals surface area contributed by atoms with E-state index in [0.717, 1.165) is 32.4 Å². The molecule has 0 amide bonds. The van der Waals surface area contributed by atoms with Crippen LogP contribution in [0.1, 0.15) is 33.1 Å². The Hall–Kier alpha value is -0.950. The van der Waals surface area contributed by atoms with E-state index in [1.165, 1.54) is 0 Å². The highest BCUT2D eigenvalue weighted by molar-refractivity contribution is 7.91. The van der Waals surface area contributed by atoms with E-state index in [1.807, 2.05) is 6.07 Å². The second-order valence-electron chi connectivity index (χ2n) is 7.19. The van der Waals surface area contributed by atoms with Crippen molar-refractivity contribution in [2.24, 2.45) is 5.92 Å². The smallest absolute Gasteiger partial charge is 0.178 e. The molecule has 1 spiro atoms. The SMILES string of the molecule is CC[C@H]([C@H](C)CS(=O)(=O)c1ccccc1)N1CCC2(CC1)OCCO2. The zero-order valence-corrected chi connectivity index (χ0v) is 16.0. The van der Waals surface area contributed by atoms with Crippen LogP contribution in [-0.2, 0) is 19.3 Å². The van der Waals surface area contributed by atoms with Gasteiger partial charge in [0.15, 0.2) is 15.6 Å². The van der Waals surface area contributed by atoms with Crippen LogP contribution in [0.3, 0.4) is 0 Å². The van der Waals surface area contributed by atoms with Gasteiger partial charge >= 0.3 is 0 Å². The van der Waals surface area contributed by atoms with Gasteiger partial charge in [-0.1, -0.05) is 32.0 Å². The summed E-state index contributed by atoms with van der Waals surface area (Å²) in [6.07, 6.45) is 2.67. The molecule has 2 saturated heterocycles. The first-order chi connectivity index (χ1) is 12.0. The summed E-state index contributed by atoms with van der Waals surface area (Å²) in [4.78, 5) is 2.84. The zero-order valence-electron chi connectivity index (χ0n) is 15.2. The fourth-order valence-corrected chi connectivity index (χ4v) is 5.86. The summed E-state index contributed by atoms with van der Waals surface area (Å²) in [6, 6.07) is 9.03. The molecule has 0 bridgehead atoms. The lowest BCUT2D eigenvalue weighted by atomic mass is 9.95. The summed E-state index contributed by atoms with van der Waals surface area (Å²) >= 11 is 0. The van der Waals surface area contributed by atoms with Gasteiger partial charge < -0.3 is 9.47 Å². The lowest BCUT2D eigenvalue weighted by molar-refractivity contribution is -0.189. The van der Waals surface area contributed by atoms with Crippen molar-refractivity contribution < 1.29 is 17.9 Å². The lowest BCUT2D eigenvalue weighted by Crippen LogP contribution is -2.51. The number of hydrogen-bond donors (Lipinski definition) is 0. The van der Waals surface area contributed by atoms with E-state index >= 15 is 0 Å². The first-order valence-electron chi connectivity index (χ1n) is 9.25. The van der Waals surface area contributed by atoms with Gasteiger partial charge in [-0.25, -0.2) is 8.42 Å². The van der Waals surface area contributed by atoms with Gasteiger partial charge in [0, 0.05) is 32.0 Å². The van der Waals surface area contributed by atoms with E-state index in [2.05, 4.69) is 18.7 Å². The molecule has 25 heavy (non-hydrogen) atoms. The molecule has 2 atom stereocenters. The molecule has 0 saturated carbocycles. The van der Waals surface area contributed by atoms with Crippen LogP contribution < -0.4 is 0 Å². The molecule has 0 N–H and O–H groups in total. The van der Waals surface area contributed by atoms with Crippen molar-refractivity contribution in [2.75, 3.05) is 32.1 Å². The molecule has 1 aromatic rings. The number of sulfone groups is 1.